The number of morpholine rings is 1. The summed E-state index contributed by atoms with van der Waals surface area (Å²) >= 11 is 0. The fraction of sp³-hybridized carbons (Fsp3) is 0.571. The minimum absolute atomic E-state index is 0.133. The lowest BCUT2D eigenvalue weighted by Crippen LogP contribution is -2.39. The van der Waals surface area contributed by atoms with Crippen LogP contribution in [0.4, 0.5) is 0 Å². The first kappa shape index (κ1) is 32.7. The maximum atomic E-state index is 13.2. The Kier molecular flexibility index (Phi) is 12.6. The van der Waals surface area contributed by atoms with E-state index >= 15 is 0 Å². The molecular weight excluding hydrogens is 538 g/mol. The second kappa shape index (κ2) is 16.6. The molecule has 3 aliphatic rings. The van der Waals surface area contributed by atoms with Gasteiger partial charge in [0.15, 0.2) is 0 Å². The molecule has 3 N–H and O–H groups in total. The number of amides is 1. The van der Waals surface area contributed by atoms with Crippen molar-refractivity contribution < 1.29 is 9.53 Å². The van der Waals surface area contributed by atoms with Gasteiger partial charge in [0, 0.05) is 68.0 Å². The highest BCUT2D eigenvalue weighted by molar-refractivity contribution is 5.90. The smallest absolute Gasteiger partial charge is 0.253 e. The molecule has 2 heterocycles. The van der Waals surface area contributed by atoms with Gasteiger partial charge in [0.25, 0.3) is 5.56 Å². The molecule has 8 heteroatoms. The van der Waals surface area contributed by atoms with Crippen LogP contribution in [0.2, 0.25) is 0 Å². The molecule has 2 aliphatic carbocycles. The van der Waals surface area contributed by atoms with Crippen LogP contribution in [0.15, 0.2) is 62.6 Å². The van der Waals surface area contributed by atoms with Gasteiger partial charge in [-0.3, -0.25) is 19.5 Å². The molecule has 43 heavy (non-hydrogen) atoms. The molecule has 0 spiro atoms. The molecule has 1 saturated heterocycles. The van der Waals surface area contributed by atoms with Gasteiger partial charge in [0.2, 0.25) is 5.91 Å². The summed E-state index contributed by atoms with van der Waals surface area (Å²) in [4.78, 5) is 35.4. The van der Waals surface area contributed by atoms with Gasteiger partial charge in [0.1, 0.15) is 0 Å². The van der Waals surface area contributed by atoms with E-state index in [2.05, 4.69) is 56.7 Å². The Hall–Kier alpha value is -3.23. The summed E-state index contributed by atoms with van der Waals surface area (Å²) in [7, 11) is 1.75. The van der Waals surface area contributed by atoms with Crippen LogP contribution >= 0.6 is 0 Å². The Labute approximate surface area is 257 Å². The van der Waals surface area contributed by atoms with E-state index in [1.807, 2.05) is 26.1 Å². The quantitative estimate of drug-likeness (QED) is 0.234. The van der Waals surface area contributed by atoms with Gasteiger partial charge in [-0.1, -0.05) is 44.4 Å². The van der Waals surface area contributed by atoms with Gasteiger partial charge < -0.3 is 20.4 Å². The molecule has 0 bridgehead atoms. The van der Waals surface area contributed by atoms with Gasteiger partial charge in [0.05, 0.1) is 19.6 Å². The normalized spacial score (nSPS) is 21.1. The third-order valence-electron chi connectivity index (χ3n) is 8.76. The van der Waals surface area contributed by atoms with E-state index < -0.39 is 0 Å². The zero-order valence-electron chi connectivity index (χ0n) is 26.6. The molecule has 0 radical (unpaired) electrons. The highest BCUT2D eigenvalue weighted by Gasteiger charge is 2.20. The maximum Gasteiger partial charge on any atom is 0.253 e. The Morgan fingerprint density at radius 3 is 2.60 bits per heavy atom. The Balaban J connectivity index is 1.53. The zero-order valence-corrected chi connectivity index (χ0v) is 26.6. The number of pyridine rings is 1. The van der Waals surface area contributed by atoms with Crippen molar-refractivity contribution in [2.24, 2.45) is 10.9 Å². The van der Waals surface area contributed by atoms with Gasteiger partial charge in [-0.25, -0.2) is 0 Å². The molecule has 1 saturated carbocycles. The van der Waals surface area contributed by atoms with Crippen molar-refractivity contribution in [3.63, 3.8) is 0 Å². The number of ether oxygens (including phenoxy) is 1. The van der Waals surface area contributed by atoms with Crippen LogP contribution in [0.5, 0.6) is 0 Å². The number of hydrogen-bond acceptors (Lipinski definition) is 6. The monoisotopic (exact) mass is 589 g/mol. The Morgan fingerprint density at radius 1 is 1.19 bits per heavy atom. The average Bonchev–Trinajstić information content (AvgIpc) is 3.00. The number of allylic oxidation sites excluding steroid dienone is 5. The lowest BCUT2D eigenvalue weighted by molar-refractivity contribution is -0.120. The van der Waals surface area contributed by atoms with Gasteiger partial charge in [-0.05, 0) is 74.3 Å². The molecule has 4 rings (SSSR count). The first-order valence-electron chi connectivity index (χ1n) is 16.1. The van der Waals surface area contributed by atoms with Crippen molar-refractivity contribution >= 4 is 12.1 Å². The van der Waals surface area contributed by atoms with Crippen LogP contribution in [-0.4, -0.2) is 67.9 Å². The highest BCUT2D eigenvalue weighted by Crippen LogP contribution is 2.27. The Morgan fingerprint density at radius 2 is 1.95 bits per heavy atom. The van der Waals surface area contributed by atoms with Crippen molar-refractivity contribution in [1.29, 1.82) is 0 Å². The van der Waals surface area contributed by atoms with E-state index in [1.165, 1.54) is 30.4 Å². The summed E-state index contributed by atoms with van der Waals surface area (Å²) in [6.07, 6.45) is 19.1. The number of aromatic nitrogens is 1. The number of aromatic amines is 1. The summed E-state index contributed by atoms with van der Waals surface area (Å²) in [5.74, 6) is 0.387. The molecule has 1 aromatic rings. The van der Waals surface area contributed by atoms with Crippen LogP contribution in [0.25, 0.3) is 0 Å². The van der Waals surface area contributed by atoms with Crippen LogP contribution in [-0.2, 0) is 16.1 Å². The largest absolute Gasteiger partial charge is 0.382 e. The third kappa shape index (κ3) is 9.90. The number of aryl methyl sites for hydroxylation is 2. The molecule has 1 aliphatic heterocycles. The molecule has 234 valence electrons. The summed E-state index contributed by atoms with van der Waals surface area (Å²) in [5.41, 5.74) is 6.47. The van der Waals surface area contributed by atoms with Gasteiger partial charge in [-0.2, -0.15) is 0 Å². The summed E-state index contributed by atoms with van der Waals surface area (Å²) < 4.78 is 5.51. The van der Waals surface area contributed by atoms with Crippen molar-refractivity contribution in [2.45, 2.75) is 84.7 Å². The van der Waals surface area contributed by atoms with Crippen LogP contribution < -0.4 is 16.2 Å². The summed E-state index contributed by atoms with van der Waals surface area (Å²) in [6, 6.07) is 2.31. The van der Waals surface area contributed by atoms with E-state index in [4.69, 9.17) is 4.74 Å². The fourth-order valence-electron chi connectivity index (χ4n) is 6.30. The van der Waals surface area contributed by atoms with Crippen LogP contribution in [0, 0.1) is 19.8 Å². The maximum absolute atomic E-state index is 13.2. The van der Waals surface area contributed by atoms with Gasteiger partial charge >= 0.3 is 0 Å². The second-order valence-corrected chi connectivity index (χ2v) is 12.2. The van der Waals surface area contributed by atoms with Crippen molar-refractivity contribution in [1.82, 2.24) is 20.5 Å². The SMILES string of the molecule is CC/C(=C\C(NC1CCCCC1)=C(\C=NC)CC(=O)NCc1c(C)cc(C)[nH]c1=O)C1=CCC(CN2CCOCC2)C=C1. The number of nitrogens with zero attached hydrogens (tertiary/aromatic N) is 2. The summed E-state index contributed by atoms with van der Waals surface area (Å²) in [6.45, 7) is 10.9. The topological polar surface area (TPSA) is 98.8 Å². The van der Waals surface area contributed by atoms with Gasteiger partial charge in [-0.15, -0.1) is 0 Å². The molecule has 1 amide bonds. The first-order chi connectivity index (χ1) is 20.9. The number of carbonyl (C=O) groups is 1. The number of carbonyl (C=O) groups excluding carboxylic acids is 1. The number of aliphatic imine (C=N–C) groups is 1. The third-order valence-corrected chi connectivity index (χ3v) is 8.76. The molecule has 8 nitrogen and oxygen atoms in total. The van der Waals surface area contributed by atoms with Crippen molar-refractivity contribution in [2.75, 3.05) is 39.9 Å². The van der Waals surface area contributed by atoms with Crippen LogP contribution in [0.1, 0.15) is 75.1 Å². The molecular formula is C35H51N5O3. The van der Waals surface area contributed by atoms with E-state index in [9.17, 15) is 9.59 Å². The van der Waals surface area contributed by atoms with E-state index in [0.717, 1.165) is 81.1 Å². The molecule has 1 aromatic heterocycles. The highest BCUT2D eigenvalue weighted by atomic mass is 16.5. The summed E-state index contributed by atoms with van der Waals surface area (Å²) in [5, 5.41) is 6.80. The lowest BCUT2D eigenvalue weighted by Gasteiger charge is -2.30. The molecule has 1 atom stereocenters. The van der Waals surface area contributed by atoms with E-state index in [1.54, 1.807) is 7.05 Å². The molecule has 2 fully saturated rings. The Bertz CT molecular complexity index is 1310. The molecule has 0 aromatic carbocycles. The number of H-pyrrole nitrogens is 1. The lowest BCUT2D eigenvalue weighted by atomic mass is 9.90. The first-order valence-corrected chi connectivity index (χ1v) is 16.1. The predicted molar refractivity (Wildman–Crippen MR) is 175 cm³/mol. The minimum Gasteiger partial charge on any atom is -0.382 e. The molecule has 1 unspecified atom stereocenters. The van der Waals surface area contributed by atoms with Crippen LogP contribution in [0.3, 0.4) is 0 Å². The number of rotatable bonds is 12. The standard InChI is InChI=1S/C35H51N5O3/c1-5-28(29-13-11-27(12-14-29)24-40-15-17-43-18-16-40)20-33(39-31-9-7-6-8-10-31)30(22-36-4)21-34(41)37-23-32-25(2)19-26(3)38-35(32)42/h11,13-14,19-20,22,27,31,39H,5-10,12,15-18,21,23-24H2,1-4H3,(H,37,41)(H,38,42)/b28-20+,33-30-,36-22?. The van der Waals surface area contributed by atoms with Crippen molar-refractivity contribution in [3.8, 4) is 0 Å². The zero-order chi connectivity index (χ0) is 30.6. The second-order valence-electron chi connectivity index (χ2n) is 12.2. The minimum atomic E-state index is -0.153. The van der Waals surface area contributed by atoms with E-state index in [-0.39, 0.29) is 24.4 Å². The van der Waals surface area contributed by atoms with E-state index in [0.29, 0.717) is 17.5 Å². The predicted octanol–water partition coefficient (Wildman–Crippen LogP) is 5.05. The average molecular weight is 590 g/mol. The number of nitrogens with one attached hydrogen (secondary N) is 3. The van der Waals surface area contributed by atoms with Crippen molar-refractivity contribution in [3.05, 3.63) is 80.0 Å². The fourth-order valence-corrected chi connectivity index (χ4v) is 6.30. The number of hydrogen-bond donors (Lipinski definition) is 3.